The molecular weight excluding hydrogens is 363 g/mol. The van der Waals surface area contributed by atoms with Gasteiger partial charge in [-0.2, -0.15) is 40.2 Å². The Morgan fingerprint density at radius 3 is 2.20 bits per heavy atom. The van der Waals surface area contributed by atoms with Crippen LogP contribution in [0.2, 0.25) is 0 Å². The van der Waals surface area contributed by atoms with Crippen LogP contribution in [0.25, 0.3) is 0 Å². The molecule has 0 saturated heterocycles. The van der Waals surface area contributed by atoms with Gasteiger partial charge in [0.05, 0.1) is 0 Å². The van der Waals surface area contributed by atoms with E-state index in [0.717, 1.165) is 0 Å². The summed E-state index contributed by atoms with van der Waals surface area (Å²) >= 11 is 0. The Kier molecular flexibility index (Phi) is 5.77. The highest BCUT2D eigenvalue weighted by atomic mass is 31.2. The topological polar surface area (TPSA) is 46.0 Å². The molecule has 1 N–H and O–H groups in total. The maximum absolute atomic E-state index is 13.0. The highest BCUT2D eigenvalue weighted by Gasteiger charge is 2.75. The Balaban J connectivity index is 2.75. The minimum Gasteiger partial charge on any atom is -0.319 e. The van der Waals surface area contributed by atoms with Gasteiger partial charge < -0.3 is 4.52 Å². The molecule has 0 fully saturated rings. The lowest BCUT2D eigenvalue weighted by molar-refractivity contribution is -0.342. The third-order valence-corrected chi connectivity index (χ3v) is 4.92. The molecule has 0 saturated carbocycles. The van der Waals surface area contributed by atoms with Crippen LogP contribution in [-0.4, -0.2) is 30.8 Å². The van der Waals surface area contributed by atoms with Crippen molar-refractivity contribution in [1.29, 1.82) is 0 Å². The molecule has 0 aromatic rings. The lowest BCUT2D eigenvalue weighted by Gasteiger charge is -2.32. The van der Waals surface area contributed by atoms with Crippen molar-refractivity contribution in [1.82, 2.24) is 4.86 Å². The molecule has 116 valence electrons. The average molecular weight is 367 g/mol. The molecule has 0 aromatic heterocycles. The molecule has 0 aliphatic carbocycles. The lowest BCUT2D eigenvalue weighted by atomic mass is 10.1. The van der Waals surface area contributed by atoms with Gasteiger partial charge in [0.2, 0.25) is 8.45 Å². The van der Waals surface area contributed by atoms with Crippen LogP contribution in [0.15, 0.2) is 9.03 Å². The minimum atomic E-state index is -6.26. The van der Waals surface area contributed by atoms with Crippen LogP contribution in [0.5, 0.6) is 0 Å². The second kappa shape index (κ2) is 6.40. The normalized spacial score (nSPS) is 22.4. The molecule has 0 amide bonds. The van der Waals surface area contributed by atoms with E-state index in [1.165, 1.54) is 0 Å². The van der Waals surface area contributed by atoms with E-state index < -0.39 is 39.2 Å². The first-order valence-corrected chi connectivity index (χ1v) is 7.29. The number of alkyl halides is 8. The summed E-state index contributed by atoms with van der Waals surface area (Å²) in [5.74, 6) is -17.9. The third kappa shape index (κ3) is 3.60. The predicted octanol–water partition coefficient (Wildman–Crippen LogP) is 5.09. The zero-order valence-electron chi connectivity index (χ0n) is 8.95. The van der Waals surface area contributed by atoms with Crippen LogP contribution in [-0.2, 0) is 4.52 Å². The van der Waals surface area contributed by atoms with E-state index >= 15 is 0 Å². The van der Waals surface area contributed by atoms with E-state index in [1.807, 2.05) is 0 Å². The fourth-order valence-electron chi connectivity index (χ4n) is 0.821. The quantitative estimate of drug-likeness (QED) is 0.525. The maximum Gasteiger partial charge on any atom is 0.380 e. The van der Waals surface area contributed by atoms with Gasteiger partial charge in [-0.3, -0.25) is 0 Å². The van der Waals surface area contributed by atoms with Crippen molar-refractivity contribution in [2.24, 2.45) is 9.03 Å². The predicted molar refractivity (Wildman–Crippen MR) is 55.5 cm³/mol. The van der Waals surface area contributed by atoms with Gasteiger partial charge in [0.15, 0.2) is 8.52 Å². The summed E-state index contributed by atoms with van der Waals surface area (Å²) in [6, 6.07) is 0. The SMILES string of the molecule is FC(F)C(F)(F)C(F)(F)C(F)(F)COP1N=PN=PN1. The van der Waals surface area contributed by atoms with Gasteiger partial charge >= 0.3 is 24.2 Å². The molecule has 1 aliphatic heterocycles. The fraction of sp³-hybridized carbons (Fsp3) is 1.00. The Hall–Kier alpha value is -0.0100. The first kappa shape index (κ1) is 18.0. The van der Waals surface area contributed by atoms with E-state index in [0.29, 0.717) is 0 Å². The molecule has 0 radical (unpaired) electrons. The summed E-state index contributed by atoms with van der Waals surface area (Å²) in [7, 11) is -1.85. The summed E-state index contributed by atoms with van der Waals surface area (Å²) in [5, 5.41) is 0. The number of nitrogens with zero attached hydrogens (tertiary/aromatic N) is 2. The number of hydrogen-bond donors (Lipinski definition) is 1. The second-order valence-electron chi connectivity index (χ2n) is 3.22. The van der Waals surface area contributed by atoms with E-state index in [-0.39, 0.29) is 17.0 Å². The fourth-order valence-corrected chi connectivity index (χ4v) is 3.80. The molecule has 0 spiro atoms. The van der Waals surface area contributed by atoms with Crippen LogP contribution in [0, 0.1) is 0 Å². The number of hydrogen-bond acceptors (Lipinski definition) is 4. The van der Waals surface area contributed by atoms with Crippen LogP contribution < -0.4 is 4.86 Å². The Morgan fingerprint density at radius 1 is 1.15 bits per heavy atom. The molecule has 1 rings (SSSR count). The lowest BCUT2D eigenvalue weighted by Crippen LogP contribution is -2.59. The van der Waals surface area contributed by atoms with E-state index in [2.05, 4.69) is 18.4 Å². The average Bonchev–Trinajstić information content (AvgIpc) is 2.37. The minimum absolute atomic E-state index is 0.0877. The van der Waals surface area contributed by atoms with E-state index in [9.17, 15) is 35.1 Å². The van der Waals surface area contributed by atoms with Gasteiger partial charge in [-0.25, -0.2) is 8.78 Å². The molecule has 0 aromatic carbocycles. The van der Waals surface area contributed by atoms with Gasteiger partial charge in [0, 0.05) is 0 Å². The molecule has 1 unspecified atom stereocenters. The van der Waals surface area contributed by atoms with Gasteiger partial charge in [0.25, 0.3) is 0 Å². The summed E-state index contributed by atoms with van der Waals surface area (Å²) in [5.41, 5.74) is 0. The first-order valence-electron chi connectivity index (χ1n) is 4.43. The summed E-state index contributed by atoms with van der Waals surface area (Å²) in [4.78, 5) is 2.27. The molecule has 0 bridgehead atoms. The summed E-state index contributed by atoms with van der Waals surface area (Å²) < 4.78 is 112. The monoisotopic (exact) mass is 367 g/mol. The van der Waals surface area contributed by atoms with Crippen LogP contribution >= 0.6 is 25.5 Å². The van der Waals surface area contributed by atoms with Crippen LogP contribution in [0.1, 0.15) is 0 Å². The summed E-state index contributed by atoms with van der Waals surface area (Å²) in [6.45, 7) is -2.18. The highest BCUT2D eigenvalue weighted by Crippen LogP contribution is 2.51. The van der Waals surface area contributed by atoms with Crippen molar-refractivity contribution in [3.05, 3.63) is 0 Å². The Morgan fingerprint density at radius 2 is 1.75 bits per heavy atom. The van der Waals surface area contributed by atoms with Gasteiger partial charge in [-0.05, 0) is 0 Å². The van der Waals surface area contributed by atoms with Crippen molar-refractivity contribution in [2.45, 2.75) is 24.2 Å². The van der Waals surface area contributed by atoms with Crippen molar-refractivity contribution in [3.63, 3.8) is 0 Å². The molecule has 4 nitrogen and oxygen atoms in total. The van der Waals surface area contributed by atoms with E-state index in [1.54, 1.807) is 0 Å². The van der Waals surface area contributed by atoms with Crippen LogP contribution in [0.4, 0.5) is 35.1 Å². The standard InChI is InChI=1S/C5H4F8N3OP3/c6-2(7)4(10,11)5(12,13)3(8,9)1-17-20-15-18-14-19-16-20/h2H,1H2,(H,14,15,16). The second-order valence-corrected chi connectivity index (χ2v) is 6.63. The highest BCUT2D eigenvalue weighted by molar-refractivity contribution is 7.63. The third-order valence-electron chi connectivity index (χ3n) is 1.86. The Labute approximate surface area is 111 Å². The van der Waals surface area contributed by atoms with Crippen molar-refractivity contribution >= 4 is 25.5 Å². The molecule has 15 heteroatoms. The number of nitrogens with one attached hydrogen (secondary N) is 1. The van der Waals surface area contributed by atoms with E-state index in [4.69, 9.17) is 0 Å². The molecule has 1 aliphatic rings. The van der Waals surface area contributed by atoms with Crippen molar-refractivity contribution < 1.29 is 39.6 Å². The number of halogens is 8. The number of rotatable bonds is 6. The van der Waals surface area contributed by atoms with Crippen molar-refractivity contribution in [3.8, 4) is 0 Å². The Bertz CT molecular complexity index is 405. The van der Waals surface area contributed by atoms with Gasteiger partial charge in [-0.15, -0.1) is 0 Å². The molecular formula is C5H4F8N3OP3. The maximum atomic E-state index is 13.0. The summed E-state index contributed by atoms with van der Waals surface area (Å²) in [6.07, 6.45) is -4.94. The first-order chi connectivity index (χ1) is 9.02. The molecule has 1 heterocycles. The van der Waals surface area contributed by atoms with Crippen molar-refractivity contribution in [2.75, 3.05) is 6.61 Å². The molecule has 1 atom stereocenters. The largest absolute Gasteiger partial charge is 0.380 e. The zero-order valence-corrected chi connectivity index (χ0v) is 11.6. The van der Waals surface area contributed by atoms with Gasteiger partial charge in [0.1, 0.15) is 15.1 Å². The zero-order chi connectivity index (χ0) is 15.6. The van der Waals surface area contributed by atoms with Crippen LogP contribution in [0.3, 0.4) is 0 Å². The van der Waals surface area contributed by atoms with Gasteiger partial charge in [-0.1, -0.05) is 0 Å². The molecule has 20 heavy (non-hydrogen) atoms. The smallest absolute Gasteiger partial charge is 0.319 e.